The van der Waals surface area contributed by atoms with Crippen LogP contribution in [0.15, 0.2) is 0 Å². The van der Waals surface area contributed by atoms with Gasteiger partial charge in [-0.25, -0.2) is 0 Å². The monoisotopic (exact) mass is 342 g/mol. The minimum atomic E-state index is -0.773. The van der Waals surface area contributed by atoms with Crippen LogP contribution in [0, 0.1) is 10.8 Å². The van der Waals surface area contributed by atoms with Crippen molar-refractivity contribution in [1.82, 2.24) is 0 Å². The molecule has 5 heteroatoms. The fraction of sp³-hybridized carbons (Fsp3) is 0.842. The summed E-state index contributed by atoms with van der Waals surface area (Å²) in [6.07, 6.45) is 6.02. The number of aliphatic carboxylic acids is 2. The second kappa shape index (κ2) is 10.5. The van der Waals surface area contributed by atoms with Crippen LogP contribution in [0.2, 0.25) is 0 Å². The van der Waals surface area contributed by atoms with Crippen LogP contribution in [0.25, 0.3) is 0 Å². The maximum atomic E-state index is 12.0. The van der Waals surface area contributed by atoms with E-state index in [0.29, 0.717) is 25.7 Å². The molecule has 0 bridgehead atoms. The highest BCUT2D eigenvalue weighted by molar-refractivity contribution is 5.78. The van der Waals surface area contributed by atoms with Gasteiger partial charge in [0.05, 0.1) is 0 Å². The molecule has 0 radical (unpaired) electrons. The largest absolute Gasteiger partial charge is 0.481 e. The molecule has 2 N–H and O–H groups in total. The van der Waals surface area contributed by atoms with E-state index in [-0.39, 0.29) is 29.5 Å². The Morgan fingerprint density at radius 1 is 0.625 bits per heavy atom. The Hall–Kier alpha value is -1.39. The van der Waals surface area contributed by atoms with Crippen LogP contribution >= 0.6 is 0 Å². The van der Waals surface area contributed by atoms with Crippen LogP contribution in [0.5, 0.6) is 0 Å². The maximum Gasteiger partial charge on any atom is 0.303 e. The summed E-state index contributed by atoms with van der Waals surface area (Å²) >= 11 is 0. The fourth-order valence-electron chi connectivity index (χ4n) is 2.79. The van der Waals surface area contributed by atoms with Crippen LogP contribution in [-0.4, -0.2) is 27.9 Å². The summed E-state index contributed by atoms with van der Waals surface area (Å²) < 4.78 is 0. The van der Waals surface area contributed by atoms with E-state index < -0.39 is 11.9 Å². The zero-order valence-electron chi connectivity index (χ0n) is 15.7. The Morgan fingerprint density at radius 3 is 1.25 bits per heavy atom. The summed E-state index contributed by atoms with van der Waals surface area (Å²) in [4.78, 5) is 33.2. The van der Waals surface area contributed by atoms with Gasteiger partial charge in [-0.05, 0) is 49.4 Å². The van der Waals surface area contributed by atoms with Gasteiger partial charge in [-0.3, -0.25) is 14.4 Å². The first-order chi connectivity index (χ1) is 10.9. The number of ketones is 1. The van der Waals surface area contributed by atoms with Crippen LogP contribution in [0.3, 0.4) is 0 Å². The van der Waals surface area contributed by atoms with E-state index in [1.54, 1.807) is 0 Å². The first-order valence-corrected chi connectivity index (χ1v) is 8.89. The van der Waals surface area contributed by atoms with Gasteiger partial charge in [-0.15, -0.1) is 0 Å². The first kappa shape index (κ1) is 22.6. The average molecular weight is 342 g/mol. The summed E-state index contributed by atoms with van der Waals surface area (Å²) in [6.45, 7) is 8.19. The molecule has 0 aliphatic rings. The number of Topliss-reactive ketones (excluding diaryl/α,β-unsaturated/α-hetero) is 1. The predicted molar refractivity (Wildman–Crippen MR) is 94.0 cm³/mol. The third kappa shape index (κ3) is 13.1. The lowest BCUT2D eigenvalue weighted by atomic mass is 9.81. The van der Waals surface area contributed by atoms with Gasteiger partial charge >= 0.3 is 11.9 Å². The molecule has 0 spiro atoms. The number of carbonyl (C=O) groups is 3. The number of carboxylic acids is 2. The van der Waals surface area contributed by atoms with Crippen molar-refractivity contribution < 1.29 is 24.6 Å². The second-order valence-corrected chi connectivity index (χ2v) is 8.36. The standard InChI is InChI=1S/C19H34O5/c1-18(2,13-9-16(21)22)11-5-7-15(20)8-6-12-19(3,4)14-10-17(23)24/h5-14H2,1-4H3,(H,21,22)(H,23,24). The number of hydrogen-bond donors (Lipinski definition) is 2. The van der Waals surface area contributed by atoms with Gasteiger partial charge in [0.2, 0.25) is 0 Å². The minimum absolute atomic E-state index is 0.0442. The van der Waals surface area contributed by atoms with Crippen molar-refractivity contribution in [2.24, 2.45) is 10.8 Å². The molecule has 0 aromatic carbocycles. The zero-order valence-corrected chi connectivity index (χ0v) is 15.7. The summed E-state index contributed by atoms with van der Waals surface area (Å²) in [5.74, 6) is -1.30. The van der Waals surface area contributed by atoms with Crippen LogP contribution in [0.1, 0.15) is 91.9 Å². The highest BCUT2D eigenvalue weighted by Gasteiger charge is 2.21. The summed E-state index contributed by atoms with van der Waals surface area (Å²) in [5, 5.41) is 17.5. The molecule has 140 valence electrons. The van der Waals surface area contributed by atoms with E-state index in [4.69, 9.17) is 10.2 Å². The van der Waals surface area contributed by atoms with Crippen molar-refractivity contribution in [3.63, 3.8) is 0 Å². The van der Waals surface area contributed by atoms with E-state index in [2.05, 4.69) is 0 Å². The molecular weight excluding hydrogens is 308 g/mol. The third-order valence-corrected chi connectivity index (χ3v) is 4.65. The molecule has 0 heterocycles. The average Bonchev–Trinajstić information content (AvgIpc) is 2.43. The van der Waals surface area contributed by atoms with Gasteiger partial charge < -0.3 is 10.2 Å². The van der Waals surface area contributed by atoms with Crippen molar-refractivity contribution in [1.29, 1.82) is 0 Å². The van der Waals surface area contributed by atoms with Crippen molar-refractivity contribution in [3.8, 4) is 0 Å². The number of carbonyl (C=O) groups excluding carboxylic acids is 1. The molecule has 0 amide bonds. The quantitative estimate of drug-likeness (QED) is 0.478. The van der Waals surface area contributed by atoms with Gasteiger partial charge in [-0.1, -0.05) is 27.7 Å². The Labute approximate surface area is 145 Å². The van der Waals surface area contributed by atoms with Crippen molar-refractivity contribution in [3.05, 3.63) is 0 Å². The molecule has 24 heavy (non-hydrogen) atoms. The molecule has 0 atom stereocenters. The van der Waals surface area contributed by atoms with Crippen LogP contribution < -0.4 is 0 Å². The molecular formula is C19H34O5. The van der Waals surface area contributed by atoms with E-state index in [1.165, 1.54) is 0 Å². The molecule has 0 aromatic rings. The van der Waals surface area contributed by atoms with E-state index in [1.807, 2.05) is 27.7 Å². The van der Waals surface area contributed by atoms with Crippen molar-refractivity contribution in [2.75, 3.05) is 0 Å². The van der Waals surface area contributed by atoms with Gasteiger partial charge in [0.15, 0.2) is 0 Å². The molecule has 0 aliphatic carbocycles. The normalized spacial score (nSPS) is 12.2. The summed E-state index contributed by atoms with van der Waals surface area (Å²) in [5.41, 5.74) is -0.0883. The Morgan fingerprint density at radius 2 is 0.958 bits per heavy atom. The Bertz CT molecular complexity index is 385. The molecule has 0 unspecified atom stereocenters. The lowest BCUT2D eigenvalue weighted by molar-refractivity contribution is -0.138. The smallest absolute Gasteiger partial charge is 0.303 e. The first-order valence-electron chi connectivity index (χ1n) is 8.89. The summed E-state index contributed by atoms with van der Waals surface area (Å²) in [7, 11) is 0. The highest BCUT2D eigenvalue weighted by Crippen LogP contribution is 2.30. The highest BCUT2D eigenvalue weighted by atomic mass is 16.4. The van der Waals surface area contributed by atoms with Gasteiger partial charge in [0.1, 0.15) is 5.78 Å². The number of carboxylic acid groups (broad SMARTS) is 2. The predicted octanol–water partition coefficient (Wildman–Crippen LogP) is 4.68. The van der Waals surface area contributed by atoms with E-state index >= 15 is 0 Å². The van der Waals surface area contributed by atoms with E-state index in [9.17, 15) is 14.4 Å². The molecule has 0 rings (SSSR count). The topological polar surface area (TPSA) is 91.7 Å². The molecule has 0 saturated carbocycles. The Balaban J connectivity index is 3.90. The van der Waals surface area contributed by atoms with Crippen molar-refractivity contribution >= 4 is 17.7 Å². The van der Waals surface area contributed by atoms with Crippen LogP contribution in [0.4, 0.5) is 0 Å². The van der Waals surface area contributed by atoms with Gasteiger partial charge in [0, 0.05) is 25.7 Å². The van der Waals surface area contributed by atoms with Gasteiger partial charge in [-0.2, -0.15) is 0 Å². The maximum absolute atomic E-state index is 12.0. The molecule has 0 fully saturated rings. The second-order valence-electron chi connectivity index (χ2n) is 8.36. The van der Waals surface area contributed by atoms with Gasteiger partial charge in [0.25, 0.3) is 0 Å². The molecule has 0 aromatic heterocycles. The Kier molecular flexibility index (Phi) is 9.86. The summed E-state index contributed by atoms with van der Waals surface area (Å²) in [6, 6.07) is 0. The number of hydrogen-bond acceptors (Lipinski definition) is 3. The zero-order chi connectivity index (χ0) is 18.8. The molecule has 5 nitrogen and oxygen atoms in total. The SMILES string of the molecule is CC(C)(CCCC(=O)CCCC(C)(C)CCC(=O)O)CCC(=O)O. The fourth-order valence-corrected chi connectivity index (χ4v) is 2.79. The lowest BCUT2D eigenvalue weighted by Crippen LogP contribution is -2.15. The minimum Gasteiger partial charge on any atom is -0.481 e. The van der Waals surface area contributed by atoms with Crippen molar-refractivity contribution in [2.45, 2.75) is 91.9 Å². The van der Waals surface area contributed by atoms with Crippen LogP contribution in [-0.2, 0) is 14.4 Å². The van der Waals surface area contributed by atoms with E-state index in [0.717, 1.165) is 25.7 Å². The third-order valence-electron chi connectivity index (χ3n) is 4.65. The number of rotatable bonds is 14. The molecule has 0 saturated heterocycles. The lowest BCUT2D eigenvalue weighted by Gasteiger charge is -2.24. The molecule has 0 aliphatic heterocycles.